The Morgan fingerprint density at radius 2 is 1.71 bits per heavy atom. The van der Waals surface area contributed by atoms with Crippen molar-refractivity contribution >= 4 is 15.9 Å². The molecule has 0 saturated heterocycles. The first kappa shape index (κ1) is 17.7. The molecule has 0 aliphatic heterocycles. The van der Waals surface area contributed by atoms with Crippen molar-refractivity contribution in [3.05, 3.63) is 29.8 Å². The third-order valence-electron chi connectivity index (χ3n) is 3.29. The van der Waals surface area contributed by atoms with Crippen molar-refractivity contribution in [3.8, 4) is 0 Å². The SMILES string of the molecule is CC[C@@H](C)c1ccc(S(=O)(=O)NNC(=O)CC(C)C)cc1. The van der Waals surface area contributed by atoms with E-state index in [1.165, 1.54) is 0 Å². The van der Waals surface area contributed by atoms with Gasteiger partial charge in [0.05, 0.1) is 4.90 Å². The molecule has 1 amide bonds. The number of benzene rings is 1. The Balaban J connectivity index is 2.72. The fraction of sp³-hybridized carbons (Fsp3) is 0.533. The summed E-state index contributed by atoms with van der Waals surface area (Å²) in [5.74, 6) is 0.217. The summed E-state index contributed by atoms with van der Waals surface area (Å²) in [7, 11) is -3.72. The molecule has 0 heterocycles. The van der Waals surface area contributed by atoms with Crippen LogP contribution in [0.3, 0.4) is 0 Å². The molecule has 1 aromatic carbocycles. The number of hydrazine groups is 1. The van der Waals surface area contributed by atoms with E-state index in [2.05, 4.69) is 24.1 Å². The minimum atomic E-state index is -3.72. The number of rotatable bonds is 7. The van der Waals surface area contributed by atoms with Crippen LogP contribution in [-0.4, -0.2) is 14.3 Å². The number of amides is 1. The quantitative estimate of drug-likeness (QED) is 0.760. The molecule has 0 aliphatic carbocycles. The van der Waals surface area contributed by atoms with Gasteiger partial charge in [0.25, 0.3) is 10.0 Å². The highest BCUT2D eigenvalue weighted by molar-refractivity contribution is 7.89. The van der Waals surface area contributed by atoms with Gasteiger partial charge in [0.15, 0.2) is 0 Å². The number of sulfonamides is 1. The number of hydrogen-bond acceptors (Lipinski definition) is 3. The zero-order valence-corrected chi connectivity index (χ0v) is 13.8. The van der Waals surface area contributed by atoms with Gasteiger partial charge in [-0.2, -0.15) is 0 Å². The van der Waals surface area contributed by atoms with Gasteiger partial charge >= 0.3 is 0 Å². The van der Waals surface area contributed by atoms with E-state index >= 15 is 0 Å². The summed E-state index contributed by atoms with van der Waals surface area (Å²) in [6.45, 7) is 7.96. The molecule has 0 fully saturated rings. The molecule has 118 valence electrons. The van der Waals surface area contributed by atoms with Crippen LogP contribution in [0.2, 0.25) is 0 Å². The summed E-state index contributed by atoms with van der Waals surface area (Å²) in [6, 6.07) is 6.72. The molecule has 0 aromatic heterocycles. The van der Waals surface area contributed by atoms with Gasteiger partial charge in [0.1, 0.15) is 0 Å². The minimum Gasteiger partial charge on any atom is -0.278 e. The number of hydrogen-bond donors (Lipinski definition) is 2. The van der Waals surface area contributed by atoms with E-state index in [1.54, 1.807) is 24.3 Å². The van der Waals surface area contributed by atoms with Crippen LogP contribution in [0.15, 0.2) is 29.2 Å². The molecular formula is C15H24N2O3S. The van der Waals surface area contributed by atoms with Crippen molar-refractivity contribution in [3.63, 3.8) is 0 Å². The first-order valence-electron chi connectivity index (χ1n) is 7.16. The van der Waals surface area contributed by atoms with E-state index in [0.717, 1.165) is 12.0 Å². The van der Waals surface area contributed by atoms with E-state index in [4.69, 9.17) is 0 Å². The molecule has 1 aromatic rings. The van der Waals surface area contributed by atoms with Crippen molar-refractivity contribution in [1.29, 1.82) is 0 Å². The molecule has 6 heteroatoms. The van der Waals surface area contributed by atoms with Crippen molar-refractivity contribution in [2.45, 2.75) is 51.3 Å². The lowest BCUT2D eigenvalue weighted by molar-refractivity contribution is -0.122. The third kappa shape index (κ3) is 5.47. The Bertz CT molecular complexity index is 565. The number of carbonyl (C=O) groups excluding carboxylic acids is 1. The summed E-state index contributed by atoms with van der Waals surface area (Å²) >= 11 is 0. The minimum absolute atomic E-state index is 0.138. The topological polar surface area (TPSA) is 75.3 Å². The smallest absolute Gasteiger partial charge is 0.257 e. The maximum absolute atomic E-state index is 12.0. The predicted octanol–water partition coefficient (Wildman–Crippen LogP) is 2.56. The molecule has 0 saturated carbocycles. The van der Waals surface area contributed by atoms with Crippen LogP contribution in [-0.2, 0) is 14.8 Å². The second kappa shape index (κ2) is 7.56. The first-order chi connectivity index (χ1) is 9.76. The molecule has 0 unspecified atom stereocenters. The zero-order valence-electron chi connectivity index (χ0n) is 13.0. The summed E-state index contributed by atoms with van der Waals surface area (Å²) in [5, 5.41) is 0. The van der Waals surface area contributed by atoms with Gasteiger partial charge in [-0.15, -0.1) is 4.83 Å². The Morgan fingerprint density at radius 1 is 1.14 bits per heavy atom. The van der Waals surface area contributed by atoms with Crippen LogP contribution in [0, 0.1) is 5.92 Å². The molecule has 0 spiro atoms. The van der Waals surface area contributed by atoms with Gasteiger partial charge in [-0.05, 0) is 36.0 Å². The van der Waals surface area contributed by atoms with E-state index in [9.17, 15) is 13.2 Å². The normalized spacial score (nSPS) is 13.2. The Labute approximate surface area is 127 Å². The number of carbonyl (C=O) groups is 1. The molecule has 5 nitrogen and oxygen atoms in total. The number of nitrogens with one attached hydrogen (secondary N) is 2. The van der Waals surface area contributed by atoms with Gasteiger partial charge in [0, 0.05) is 6.42 Å². The largest absolute Gasteiger partial charge is 0.278 e. The van der Waals surface area contributed by atoms with Crippen LogP contribution in [0.5, 0.6) is 0 Å². The van der Waals surface area contributed by atoms with E-state index in [0.29, 0.717) is 5.92 Å². The van der Waals surface area contributed by atoms with Crippen molar-refractivity contribution < 1.29 is 13.2 Å². The molecule has 2 N–H and O–H groups in total. The summed E-state index contributed by atoms with van der Waals surface area (Å²) in [6.07, 6.45) is 1.27. The van der Waals surface area contributed by atoms with Crippen LogP contribution in [0.25, 0.3) is 0 Å². The maximum atomic E-state index is 12.0. The van der Waals surface area contributed by atoms with E-state index < -0.39 is 10.0 Å². The fourth-order valence-corrected chi connectivity index (χ4v) is 2.68. The van der Waals surface area contributed by atoms with Gasteiger partial charge in [0.2, 0.25) is 5.91 Å². The molecule has 21 heavy (non-hydrogen) atoms. The highest BCUT2D eigenvalue weighted by Crippen LogP contribution is 2.20. The highest BCUT2D eigenvalue weighted by Gasteiger charge is 2.16. The average Bonchev–Trinajstić information content (AvgIpc) is 2.44. The van der Waals surface area contributed by atoms with Crippen LogP contribution in [0.1, 0.15) is 52.0 Å². The monoisotopic (exact) mass is 312 g/mol. The van der Waals surface area contributed by atoms with Crippen LogP contribution in [0.4, 0.5) is 0 Å². The first-order valence-corrected chi connectivity index (χ1v) is 8.65. The lowest BCUT2D eigenvalue weighted by atomic mass is 9.99. The standard InChI is InChI=1S/C15H24N2O3S/c1-5-12(4)13-6-8-14(9-7-13)21(19,20)17-16-15(18)10-11(2)3/h6-9,11-12,17H,5,10H2,1-4H3,(H,16,18)/t12-/m1/s1. The predicted molar refractivity (Wildman–Crippen MR) is 83.1 cm³/mol. The summed E-state index contributed by atoms with van der Waals surface area (Å²) < 4.78 is 24.1. The highest BCUT2D eigenvalue weighted by atomic mass is 32.2. The molecule has 0 aliphatic rings. The lowest BCUT2D eigenvalue weighted by Gasteiger charge is -2.12. The molecular weight excluding hydrogens is 288 g/mol. The van der Waals surface area contributed by atoms with E-state index in [-0.39, 0.29) is 23.1 Å². The van der Waals surface area contributed by atoms with Crippen molar-refractivity contribution in [2.75, 3.05) is 0 Å². The summed E-state index contributed by atoms with van der Waals surface area (Å²) in [5.41, 5.74) is 3.32. The Hall–Kier alpha value is -1.40. The van der Waals surface area contributed by atoms with Gasteiger partial charge in [-0.25, -0.2) is 8.42 Å². The van der Waals surface area contributed by atoms with Crippen LogP contribution < -0.4 is 10.3 Å². The van der Waals surface area contributed by atoms with Crippen molar-refractivity contribution in [2.24, 2.45) is 5.92 Å². The van der Waals surface area contributed by atoms with Crippen LogP contribution >= 0.6 is 0 Å². The zero-order chi connectivity index (χ0) is 16.0. The van der Waals surface area contributed by atoms with Gasteiger partial charge < -0.3 is 0 Å². The second-order valence-corrected chi connectivity index (χ2v) is 7.31. The van der Waals surface area contributed by atoms with Gasteiger partial charge in [-0.3, -0.25) is 10.2 Å². The molecule has 0 radical (unpaired) electrons. The Morgan fingerprint density at radius 3 is 2.19 bits per heavy atom. The summed E-state index contributed by atoms with van der Waals surface area (Å²) in [4.78, 5) is 13.7. The average molecular weight is 312 g/mol. The van der Waals surface area contributed by atoms with Crippen molar-refractivity contribution in [1.82, 2.24) is 10.3 Å². The molecule has 0 bridgehead atoms. The molecule has 1 atom stereocenters. The lowest BCUT2D eigenvalue weighted by Crippen LogP contribution is -2.41. The second-order valence-electron chi connectivity index (χ2n) is 5.63. The third-order valence-corrected chi connectivity index (χ3v) is 4.55. The van der Waals surface area contributed by atoms with E-state index in [1.807, 2.05) is 13.8 Å². The van der Waals surface area contributed by atoms with Gasteiger partial charge in [-0.1, -0.05) is 39.8 Å². The fourth-order valence-electron chi connectivity index (χ4n) is 1.82. The molecule has 1 rings (SSSR count). The Kier molecular flexibility index (Phi) is 6.36. The maximum Gasteiger partial charge on any atom is 0.257 e.